The Labute approximate surface area is 87.7 Å². The summed E-state index contributed by atoms with van der Waals surface area (Å²) in [6.45, 7) is 2.67. The monoisotopic (exact) mass is 200 g/mol. The second kappa shape index (κ2) is 7.24. The Morgan fingerprint density at radius 3 is 2.43 bits per heavy atom. The molecule has 0 bridgehead atoms. The molecule has 1 N–H and O–H groups in total. The molecule has 0 aliphatic heterocycles. The Kier molecular flexibility index (Phi) is 6.20. The van der Waals surface area contributed by atoms with Gasteiger partial charge in [0.1, 0.15) is 0 Å². The van der Waals surface area contributed by atoms with Gasteiger partial charge in [-0.3, -0.25) is 0 Å². The average Bonchev–Trinajstić information content (AvgIpc) is 2.40. The van der Waals surface area contributed by atoms with E-state index in [9.17, 15) is 0 Å². The molecule has 0 amide bonds. The maximum atomic E-state index is 9.08. The fourth-order valence-electron chi connectivity index (χ4n) is 2.04. The molecule has 1 saturated carbocycles. The molecule has 0 spiro atoms. The third-order valence-electron chi connectivity index (χ3n) is 2.92. The van der Waals surface area contributed by atoms with Crippen molar-refractivity contribution in [3.05, 3.63) is 0 Å². The van der Waals surface area contributed by atoms with Crippen LogP contribution in [0.2, 0.25) is 0 Å². The van der Waals surface area contributed by atoms with Gasteiger partial charge >= 0.3 is 0 Å². The Hall–Kier alpha value is -0.0800. The van der Waals surface area contributed by atoms with Gasteiger partial charge < -0.3 is 9.84 Å². The summed E-state index contributed by atoms with van der Waals surface area (Å²) in [6.07, 6.45) is 10.1. The van der Waals surface area contributed by atoms with E-state index >= 15 is 0 Å². The Balaban J connectivity index is 1.99. The fraction of sp³-hybridized carbons (Fsp3) is 1.00. The summed E-state index contributed by atoms with van der Waals surface area (Å²) in [5.74, 6) is 0. The van der Waals surface area contributed by atoms with E-state index in [2.05, 4.69) is 0 Å². The zero-order valence-electron chi connectivity index (χ0n) is 9.37. The molecule has 1 aliphatic rings. The predicted octanol–water partition coefficient (Wildman–Crippen LogP) is 2.89. The standard InChI is InChI=1S/C12H24O2/c1-11(13)7-6-10-14-12-8-4-2-3-5-9-12/h11-13H,2-10H2,1H3. The van der Waals surface area contributed by atoms with Crippen molar-refractivity contribution in [2.24, 2.45) is 0 Å². The molecule has 1 rings (SSSR count). The van der Waals surface area contributed by atoms with Crippen LogP contribution in [0.5, 0.6) is 0 Å². The van der Waals surface area contributed by atoms with Crippen molar-refractivity contribution in [2.45, 2.75) is 70.5 Å². The highest BCUT2D eigenvalue weighted by Crippen LogP contribution is 2.19. The first-order valence-electron chi connectivity index (χ1n) is 6.08. The Morgan fingerprint density at radius 2 is 1.86 bits per heavy atom. The van der Waals surface area contributed by atoms with Crippen molar-refractivity contribution in [1.29, 1.82) is 0 Å². The molecule has 0 aromatic heterocycles. The van der Waals surface area contributed by atoms with Gasteiger partial charge in [0.05, 0.1) is 12.2 Å². The zero-order chi connectivity index (χ0) is 10.2. The average molecular weight is 200 g/mol. The van der Waals surface area contributed by atoms with Crippen molar-refractivity contribution >= 4 is 0 Å². The van der Waals surface area contributed by atoms with Gasteiger partial charge in [0.15, 0.2) is 0 Å². The van der Waals surface area contributed by atoms with Gasteiger partial charge in [0, 0.05) is 6.61 Å². The second-order valence-corrected chi connectivity index (χ2v) is 4.48. The number of rotatable bonds is 5. The quantitative estimate of drug-likeness (QED) is 0.546. The lowest BCUT2D eigenvalue weighted by Crippen LogP contribution is -2.13. The largest absolute Gasteiger partial charge is 0.393 e. The molecule has 0 saturated heterocycles. The molecule has 0 aromatic rings. The highest BCUT2D eigenvalue weighted by Gasteiger charge is 2.11. The first kappa shape index (κ1) is 12.0. The maximum Gasteiger partial charge on any atom is 0.0575 e. The van der Waals surface area contributed by atoms with Crippen molar-refractivity contribution < 1.29 is 9.84 Å². The van der Waals surface area contributed by atoms with Crippen LogP contribution in [0.3, 0.4) is 0 Å². The Bertz CT molecular complexity index is 126. The number of hydrogen-bond donors (Lipinski definition) is 1. The molecular formula is C12H24O2. The van der Waals surface area contributed by atoms with E-state index in [4.69, 9.17) is 9.84 Å². The smallest absolute Gasteiger partial charge is 0.0575 e. The van der Waals surface area contributed by atoms with Crippen LogP contribution in [0.25, 0.3) is 0 Å². The first-order chi connectivity index (χ1) is 6.79. The fourth-order valence-corrected chi connectivity index (χ4v) is 2.04. The summed E-state index contributed by atoms with van der Waals surface area (Å²) in [5, 5.41) is 9.08. The molecule has 0 radical (unpaired) electrons. The van der Waals surface area contributed by atoms with Crippen LogP contribution in [0, 0.1) is 0 Å². The zero-order valence-corrected chi connectivity index (χ0v) is 9.37. The van der Waals surface area contributed by atoms with Crippen LogP contribution in [0.4, 0.5) is 0 Å². The molecular weight excluding hydrogens is 176 g/mol. The van der Waals surface area contributed by atoms with Crippen LogP contribution >= 0.6 is 0 Å². The van der Waals surface area contributed by atoms with Crippen LogP contribution in [-0.2, 0) is 4.74 Å². The minimum absolute atomic E-state index is 0.173. The number of ether oxygens (including phenoxy) is 1. The molecule has 0 heterocycles. The van der Waals surface area contributed by atoms with Crippen LogP contribution in [0.15, 0.2) is 0 Å². The molecule has 2 nitrogen and oxygen atoms in total. The Morgan fingerprint density at radius 1 is 1.21 bits per heavy atom. The highest BCUT2D eigenvalue weighted by molar-refractivity contribution is 4.64. The van der Waals surface area contributed by atoms with E-state index in [1.807, 2.05) is 6.92 Å². The van der Waals surface area contributed by atoms with E-state index in [1.165, 1.54) is 38.5 Å². The van der Waals surface area contributed by atoms with Crippen molar-refractivity contribution in [3.63, 3.8) is 0 Å². The third kappa shape index (κ3) is 5.61. The van der Waals surface area contributed by atoms with E-state index in [0.717, 1.165) is 19.4 Å². The van der Waals surface area contributed by atoms with E-state index in [0.29, 0.717) is 6.10 Å². The summed E-state index contributed by atoms with van der Waals surface area (Å²) in [4.78, 5) is 0. The van der Waals surface area contributed by atoms with Gasteiger partial charge in [-0.05, 0) is 32.6 Å². The van der Waals surface area contributed by atoms with Gasteiger partial charge in [-0.1, -0.05) is 25.7 Å². The number of aliphatic hydroxyl groups excluding tert-OH is 1. The van der Waals surface area contributed by atoms with Crippen molar-refractivity contribution in [3.8, 4) is 0 Å². The van der Waals surface area contributed by atoms with E-state index in [-0.39, 0.29) is 6.10 Å². The van der Waals surface area contributed by atoms with Crippen LogP contribution in [-0.4, -0.2) is 23.9 Å². The van der Waals surface area contributed by atoms with Gasteiger partial charge in [0.25, 0.3) is 0 Å². The predicted molar refractivity (Wildman–Crippen MR) is 58.4 cm³/mol. The van der Waals surface area contributed by atoms with Gasteiger partial charge in [-0.25, -0.2) is 0 Å². The molecule has 2 heteroatoms. The van der Waals surface area contributed by atoms with Crippen molar-refractivity contribution in [1.82, 2.24) is 0 Å². The third-order valence-corrected chi connectivity index (χ3v) is 2.92. The lowest BCUT2D eigenvalue weighted by atomic mass is 10.1. The van der Waals surface area contributed by atoms with Crippen LogP contribution in [0.1, 0.15) is 58.3 Å². The minimum atomic E-state index is -0.173. The highest BCUT2D eigenvalue weighted by atomic mass is 16.5. The summed E-state index contributed by atoms with van der Waals surface area (Å²) >= 11 is 0. The summed E-state index contributed by atoms with van der Waals surface area (Å²) in [6, 6.07) is 0. The second-order valence-electron chi connectivity index (χ2n) is 4.48. The minimum Gasteiger partial charge on any atom is -0.393 e. The molecule has 1 fully saturated rings. The van der Waals surface area contributed by atoms with Crippen molar-refractivity contribution in [2.75, 3.05) is 6.61 Å². The van der Waals surface area contributed by atoms with E-state index < -0.39 is 0 Å². The lowest BCUT2D eigenvalue weighted by Gasteiger charge is -2.15. The summed E-state index contributed by atoms with van der Waals surface area (Å²) in [5.41, 5.74) is 0. The molecule has 0 aromatic carbocycles. The van der Waals surface area contributed by atoms with E-state index in [1.54, 1.807) is 0 Å². The number of aliphatic hydroxyl groups is 1. The number of hydrogen-bond acceptors (Lipinski definition) is 2. The summed E-state index contributed by atoms with van der Waals surface area (Å²) < 4.78 is 5.80. The molecule has 1 aliphatic carbocycles. The molecule has 14 heavy (non-hydrogen) atoms. The summed E-state index contributed by atoms with van der Waals surface area (Å²) in [7, 11) is 0. The normalized spacial score (nSPS) is 21.9. The topological polar surface area (TPSA) is 29.5 Å². The maximum absolute atomic E-state index is 9.08. The van der Waals surface area contributed by atoms with Gasteiger partial charge in [0.2, 0.25) is 0 Å². The van der Waals surface area contributed by atoms with Gasteiger partial charge in [-0.2, -0.15) is 0 Å². The molecule has 84 valence electrons. The SMILES string of the molecule is CC(O)CCCOC1CCCCCC1. The lowest BCUT2D eigenvalue weighted by molar-refractivity contribution is 0.0355. The van der Waals surface area contributed by atoms with Crippen LogP contribution < -0.4 is 0 Å². The molecule has 1 unspecified atom stereocenters. The molecule has 1 atom stereocenters. The first-order valence-corrected chi connectivity index (χ1v) is 6.08. The van der Waals surface area contributed by atoms with Gasteiger partial charge in [-0.15, -0.1) is 0 Å².